The molecule has 0 unspecified atom stereocenters. The first kappa shape index (κ1) is 15.1. The van der Waals surface area contributed by atoms with Crippen LogP contribution < -0.4 is 0 Å². The van der Waals surface area contributed by atoms with Crippen molar-refractivity contribution in [3.05, 3.63) is 55.0 Å². The summed E-state index contributed by atoms with van der Waals surface area (Å²) in [5, 5.41) is 4.47. The number of ether oxygens (including phenoxy) is 1. The van der Waals surface area contributed by atoms with E-state index in [2.05, 4.69) is 31.7 Å². The van der Waals surface area contributed by atoms with E-state index in [1.54, 1.807) is 0 Å². The molecule has 1 saturated heterocycles. The van der Waals surface area contributed by atoms with Crippen LogP contribution in [-0.2, 0) is 11.3 Å². The van der Waals surface area contributed by atoms with Gasteiger partial charge in [-0.2, -0.15) is 5.10 Å². The van der Waals surface area contributed by atoms with Crippen molar-refractivity contribution in [2.45, 2.75) is 6.54 Å². The molecule has 0 amide bonds. The van der Waals surface area contributed by atoms with Gasteiger partial charge in [0.05, 0.1) is 25.1 Å². The van der Waals surface area contributed by atoms with E-state index in [1.165, 1.54) is 0 Å². The normalized spacial score (nSPS) is 15.7. The first-order valence-corrected chi connectivity index (χ1v) is 8.33. The van der Waals surface area contributed by atoms with Crippen molar-refractivity contribution in [1.82, 2.24) is 24.2 Å². The highest BCUT2D eigenvalue weighted by Crippen LogP contribution is 2.21. The van der Waals surface area contributed by atoms with Crippen LogP contribution in [0.1, 0.15) is 0 Å². The third-order valence-corrected chi connectivity index (χ3v) is 4.35. The lowest BCUT2D eigenvalue weighted by molar-refractivity contribution is 0.0364. The number of morpholine rings is 1. The Morgan fingerprint density at radius 3 is 2.62 bits per heavy atom. The predicted octanol–water partition coefficient (Wildman–Crippen LogP) is 2.07. The quantitative estimate of drug-likeness (QED) is 0.721. The lowest BCUT2D eigenvalue weighted by Crippen LogP contribution is -2.38. The number of hydrogen-bond donors (Lipinski definition) is 0. The molecule has 0 radical (unpaired) electrons. The second-order valence-corrected chi connectivity index (χ2v) is 5.86. The van der Waals surface area contributed by atoms with Crippen molar-refractivity contribution in [3.8, 4) is 17.2 Å². The molecule has 24 heavy (non-hydrogen) atoms. The number of para-hydroxylation sites is 1. The van der Waals surface area contributed by atoms with Crippen LogP contribution in [0.3, 0.4) is 0 Å². The van der Waals surface area contributed by atoms with E-state index in [0.717, 1.165) is 56.6 Å². The van der Waals surface area contributed by atoms with E-state index in [1.807, 2.05) is 47.5 Å². The number of rotatable bonds is 5. The summed E-state index contributed by atoms with van der Waals surface area (Å²) < 4.78 is 9.55. The van der Waals surface area contributed by atoms with Gasteiger partial charge in [0, 0.05) is 38.6 Å². The Labute approximate surface area is 141 Å². The number of nitrogens with zero attached hydrogens (tertiary/aromatic N) is 5. The van der Waals surface area contributed by atoms with Crippen LogP contribution >= 0.6 is 0 Å². The van der Waals surface area contributed by atoms with E-state index in [-0.39, 0.29) is 0 Å². The molecule has 124 valence electrons. The maximum atomic E-state index is 5.41. The van der Waals surface area contributed by atoms with Crippen molar-refractivity contribution in [3.63, 3.8) is 0 Å². The minimum Gasteiger partial charge on any atom is -0.379 e. The summed E-state index contributed by atoms with van der Waals surface area (Å²) in [7, 11) is 0. The van der Waals surface area contributed by atoms with Gasteiger partial charge >= 0.3 is 0 Å². The third kappa shape index (κ3) is 3.11. The molecule has 2 aromatic heterocycles. The molecule has 3 heterocycles. The maximum absolute atomic E-state index is 5.41. The summed E-state index contributed by atoms with van der Waals surface area (Å²) in [5.41, 5.74) is 2.05. The van der Waals surface area contributed by atoms with E-state index >= 15 is 0 Å². The Morgan fingerprint density at radius 1 is 0.958 bits per heavy atom. The average Bonchev–Trinajstić information content (AvgIpc) is 3.30. The molecule has 0 N–H and O–H groups in total. The minimum absolute atomic E-state index is 0.831. The van der Waals surface area contributed by atoms with E-state index in [9.17, 15) is 0 Å². The molecule has 1 aliphatic rings. The second kappa shape index (κ2) is 6.98. The molecule has 0 bridgehead atoms. The fourth-order valence-electron chi connectivity index (χ4n) is 3.04. The largest absolute Gasteiger partial charge is 0.379 e. The van der Waals surface area contributed by atoms with Gasteiger partial charge in [0.15, 0.2) is 5.82 Å². The van der Waals surface area contributed by atoms with Crippen LogP contribution in [0, 0.1) is 0 Å². The van der Waals surface area contributed by atoms with E-state index in [4.69, 9.17) is 4.74 Å². The van der Waals surface area contributed by atoms with Crippen molar-refractivity contribution in [2.24, 2.45) is 0 Å². The molecule has 1 aliphatic heterocycles. The Hall–Kier alpha value is -2.44. The summed E-state index contributed by atoms with van der Waals surface area (Å²) in [4.78, 5) is 7.00. The molecule has 1 fully saturated rings. The predicted molar refractivity (Wildman–Crippen MR) is 92.0 cm³/mol. The highest BCUT2D eigenvalue weighted by atomic mass is 16.5. The summed E-state index contributed by atoms with van der Waals surface area (Å²) >= 11 is 0. The van der Waals surface area contributed by atoms with Crippen molar-refractivity contribution < 1.29 is 4.74 Å². The number of benzene rings is 1. The number of aromatic nitrogens is 4. The van der Waals surface area contributed by atoms with Crippen LogP contribution in [0.4, 0.5) is 0 Å². The van der Waals surface area contributed by atoms with Crippen LogP contribution in [0.25, 0.3) is 17.2 Å². The summed E-state index contributed by atoms with van der Waals surface area (Å²) in [5.74, 6) is 0.949. The molecule has 0 saturated carbocycles. The molecular weight excluding hydrogens is 302 g/mol. The molecular formula is C18H21N5O. The highest BCUT2D eigenvalue weighted by Gasteiger charge is 2.14. The van der Waals surface area contributed by atoms with Gasteiger partial charge in [-0.05, 0) is 18.2 Å². The van der Waals surface area contributed by atoms with Gasteiger partial charge in [-0.3, -0.25) is 4.90 Å². The summed E-state index contributed by atoms with van der Waals surface area (Å²) in [6, 6.07) is 12.2. The van der Waals surface area contributed by atoms with Crippen LogP contribution in [0.5, 0.6) is 0 Å². The fraction of sp³-hybridized carbons (Fsp3) is 0.333. The van der Waals surface area contributed by atoms with Crippen molar-refractivity contribution in [2.75, 3.05) is 32.8 Å². The summed E-state index contributed by atoms with van der Waals surface area (Å²) in [6.07, 6.45) is 5.72. The zero-order chi connectivity index (χ0) is 16.2. The lowest BCUT2D eigenvalue weighted by Gasteiger charge is -2.26. The topological polar surface area (TPSA) is 48.1 Å². The van der Waals surface area contributed by atoms with Crippen LogP contribution in [0.2, 0.25) is 0 Å². The van der Waals surface area contributed by atoms with Gasteiger partial charge < -0.3 is 9.30 Å². The summed E-state index contributed by atoms with van der Waals surface area (Å²) in [6.45, 7) is 5.59. The molecule has 0 atom stereocenters. The zero-order valence-corrected chi connectivity index (χ0v) is 13.6. The van der Waals surface area contributed by atoms with E-state index < -0.39 is 0 Å². The Morgan fingerprint density at radius 2 is 1.79 bits per heavy atom. The Balaban J connectivity index is 1.56. The lowest BCUT2D eigenvalue weighted by atomic mass is 10.3. The van der Waals surface area contributed by atoms with Gasteiger partial charge in [0.2, 0.25) is 0 Å². The molecule has 1 aromatic carbocycles. The van der Waals surface area contributed by atoms with Gasteiger partial charge in [-0.1, -0.05) is 18.2 Å². The fourth-order valence-corrected chi connectivity index (χ4v) is 3.04. The molecule has 4 rings (SSSR count). The number of imidazole rings is 1. The zero-order valence-electron chi connectivity index (χ0n) is 13.6. The SMILES string of the molecule is c1ccc(-n2nccc2-c2nccn2CCN2CCOCC2)cc1. The molecule has 6 nitrogen and oxygen atoms in total. The smallest absolute Gasteiger partial charge is 0.158 e. The molecule has 0 aliphatic carbocycles. The first-order valence-electron chi connectivity index (χ1n) is 8.33. The van der Waals surface area contributed by atoms with Crippen LogP contribution in [0.15, 0.2) is 55.0 Å². The minimum atomic E-state index is 0.831. The van der Waals surface area contributed by atoms with Crippen molar-refractivity contribution in [1.29, 1.82) is 0 Å². The maximum Gasteiger partial charge on any atom is 0.158 e. The van der Waals surface area contributed by atoms with Gasteiger partial charge in [-0.25, -0.2) is 9.67 Å². The Kier molecular flexibility index (Phi) is 4.40. The third-order valence-electron chi connectivity index (χ3n) is 4.35. The highest BCUT2D eigenvalue weighted by molar-refractivity contribution is 5.54. The van der Waals surface area contributed by atoms with Crippen molar-refractivity contribution >= 4 is 0 Å². The monoisotopic (exact) mass is 323 g/mol. The average molecular weight is 323 g/mol. The molecule has 3 aromatic rings. The van der Waals surface area contributed by atoms with E-state index in [0.29, 0.717) is 0 Å². The van der Waals surface area contributed by atoms with Gasteiger partial charge in [0.1, 0.15) is 5.69 Å². The molecule has 6 heteroatoms. The second-order valence-electron chi connectivity index (χ2n) is 5.86. The van der Waals surface area contributed by atoms with Gasteiger partial charge in [-0.15, -0.1) is 0 Å². The number of hydrogen-bond acceptors (Lipinski definition) is 4. The van der Waals surface area contributed by atoms with Crippen LogP contribution in [-0.4, -0.2) is 57.1 Å². The Bertz CT molecular complexity index is 774. The molecule has 0 spiro atoms. The van der Waals surface area contributed by atoms with Gasteiger partial charge in [0.25, 0.3) is 0 Å². The first-order chi connectivity index (χ1) is 11.9. The standard InChI is InChI=1S/C18H21N5O/c1-2-4-16(5-3-1)23-17(6-7-20-23)18-19-8-9-22(18)11-10-21-12-14-24-15-13-21/h1-9H,10-15H2.